The number of quaternary nitrogens is 1. The molecule has 3 fully saturated rings. The van der Waals surface area contributed by atoms with E-state index < -0.39 is 0 Å². The van der Waals surface area contributed by atoms with Crippen LogP contribution in [-0.2, 0) is 4.74 Å². The van der Waals surface area contributed by atoms with E-state index in [2.05, 4.69) is 26.0 Å². The summed E-state index contributed by atoms with van der Waals surface area (Å²) in [4.78, 5) is 2.45. The van der Waals surface area contributed by atoms with Gasteiger partial charge in [-0.15, -0.1) is 0 Å². The van der Waals surface area contributed by atoms with Crippen LogP contribution in [-0.4, -0.2) is 68.9 Å². The van der Waals surface area contributed by atoms with E-state index in [1.807, 2.05) is 0 Å². The molecule has 0 aliphatic carbocycles. The van der Waals surface area contributed by atoms with Crippen LogP contribution in [0.3, 0.4) is 0 Å². The molecule has 2 bridgehead atoms. The fourth-order valence-corrected chi connectivity index (χ4v) is 2.40. The van der Waals surface area contributed by atoms with Crippen LogP contribution in [0.2, 0.25) is 0 Å². The Morgan fingerprint density at radius 2 is 2.08 bits per heavy atom. The number of morpholine rings is 1. The SMILES string of the molecule is CN1CC2C[N+](C)(C)CC1CO2. The lowest BCUT2D eigenvalue weighted by molar-refractivity contribution is -0.890. The summed E-state index contributed by atoms with van der Waals surface area (Å²) >= 11 is 0. The number of ether oxygens (including phenoxy) is 1. The molecule has 0 saturated carbocycles. The third-order valence-electron chi connectivity index (χ3n) is 3.04. The number of likely N-dealkylation sites (N-methyl/N-ethyl adjacent to an activating group) is 2. The van der Waals surface area contributed by atoms with Crippen molar-refractivity contribution in [3.63, 3.8) is 0 Å². The van der Waals surface area contributed by atoms with Crippen LogP contribution < -0.4 is 0 Å². The van der Waals surface area contributed by atoms with Crippen molar-refractivity contribution in [2.45, 2.75) is 12.1 Å². The summed E-state index contributed by atoms with van der Waals surface area (Å²) < 4.78 is 6.86. The predicted molar refractivity (Wildman–Crippen MR) is 48.0 cm³/mol. The zero-order valence-corrected chi connectivity index (χ0v) is 8.29. The zero-order valence-electron chi connectivity index (χ0n) is 8.29. The lowest BCUT2D eigenvalue weighted by Gasteiger charge is -2.31. The quantitative estimate of drug-likeness (QED) is 0.467. The molecular weight excluding hydrogens is 152 g/mol. The Kier molecular flexibility index (Phi) is 1.90. The Hall–Kier alpha value is -0.120. The Morgan fingerprint density at radius 1 is 1.33 bits per heavy atom. The van der Waals surface area contributed by atoms with Crippen molar-refractivity contribution in [2.24, 2.45) is 0 Å². The highest BCUT2D eigenvalue weighted by Gasteiger charge is 2.38. The van der Waals surface area contributed by atoms with Crippen molar-refractivity contribution >= 4 is 0 Å². The molecule has 3 saturated heterocycles. The van der Waals surface area contributed by atoms with Gasteiger partial charge in [-0.25, -0.2) is 0 Å². The van der Waals surface area contributed by atoms with Gasteiger partial charge in [0, 0.05) is 6.54 Å². The van der Waals surface area contributed by atoms with Gasteiger partial charge >= 0.3 is 0 Å². The van der Waals surface area contributed by atoms with E-state index in [0.717, 1.165) is 17.6 Å². The zero-order chi connectivity index (χ0) is 8.77. The molecule has 12 heavy (non-hydrogen) atoms. The van der Waals surface area contributed by atoms with E-state index in [1.54, 1.807) is 0 Å². The molecule has 0 amide bonds. The van der Waals surface area contributed by atoms with Gasteiger partial charge in [0.1, 0.15) is 12.6 Å². The van der Waals surface area contributed by atoms with Crippen LogP contribution in [0.25, 0.3) is 0 Å². The normalized spacial score (nSPS) is 41.2. The number of fused-ring (bicyclic) bond motifs is 4. The molecule has 3 heteroatoms. The van der Waals surface area contributed by atoms with Crippen LogP contribution in [0.5, 0.6) is 0 Å². The van der Waals surface area contributed by atoms with Gasteiger partial charge in [0.15, 0.2) is 0 Å². The molecule has 0 radical (unpaired) electrons. The molecule has 3 aliphatic rings. The van der Waals surface area contributed by atoms with Crippen molar-refractivity contribution in [3.05, 3.63) is 0 Å². The lowest BCUT2D eigenvalue weighted by atomic mass is 10.2. The molecule has 2 unspecified atom stereocenters. The molecule has 3 rings (SSSR count). The van der Waals surface area contributed by atoms with E-state index in [0.29, 0.717) is 12.1 Å². The molecule has 0 N–H and O–H groups in total. The van der Waals surface area contributed by atoms with Crippen LogP contribution in [0.4, 0.5) is 0 Å². The fraction of sp³-hybridized carbons (Fsp3) is 1.00. The van der Waals surface area contributed by atoms with E-state index in [9.17, 15) is 0 Å². The van der Waals surface area contributed by atoms with Crippen molar-refractivity contribution in [3.8, 4) is 0 Å². The van der Waals surface area contributed by atoms with E-state index >= 15 is 0 Å². The second-order valence-corrected chi connectivity index (χ2v) is 4.85. The molecule has 0 aromatic rings. The first-order chi connectivity index (χ1) is 5.57. The largest absolute Gasteiger partial charge is 0.369 e. The molecule has 3 aliphatic heterocycles. The van der Waals surface area contributed by atoms with Crippen molar-refractivity contribution < 1.29 is 9.22 Å². The smallest absolute Gasteiger partial charge is 0.119 e. The third kappa shape index (κ3) is 1.49. The highest BCUT2D eigenvalue weighted by atomic mass is 16.5. The number of hydrogen-bond acceptors (Lipinski definition) is 2. The third-order valence-corrected chi connectivity index (χ3v) is 3.04. The van der Waals surface area contributed by atoms with Gasteiger partial charge in [-0.1, -0.05) is 0 Å². The van der Waals surface area contributed by atoms with Crippen LogP contribution >= 0.6 is 0 Å². The highest BCUT2D eigenvalue weighted by molar-refractivity contribution is 4.81. The Balaban J connectivity index is 2.16. The van der Waals surface area contributed by atoms with Crippen molar-refractivity contribution in [1.29, 1.82) is 0 Å². The molecule has 2 atom stereocenters. The molecular formula is C9H19N2O+. The lowest BCUT2D eigenvalue weighted by Crippen LogP contribution is -2.48. The van der Waals surface area contributed by atoms with Gasteiger partial charge in [-0.3, -0.25) is 4.90 Å². The van der Waals surface area contributed by atoms with E-state index in [1.165, 1.54) is 13.1 Å². The first kappa shape index (κ1) is 8.48. The predicted octanol–water partition coefficient (Wildman–Crippen LogP) is -0.224. The number of rotatable bonds is 0. The van der Waals surface area contributed by atoms with Crippen LogP contribution in [0.1, 0.15) is 0 Å². The second-order valence-electron chi connectivity index (χ2n) is 4.85. The minimum absolute atomic E-state index is 0.462. The summed E-state index contributed by atoms with van der Waals surface area (Å²) in [6.07, 6.45) is 0.462. The standard InChI is InChI=1S/C9H19N2O/c1-10-4-9-6-11(2,3)5-8(10)7-12-9/h8-9H,4-7H2,1-3H3/q+1. The maximum atomic E-state index is 5.75. The number of hydrogen-bond donors (Lipinski definition) is 0. The summed E-state index contributed by atoms with van der Waals surface area (Å²) in [5.41, 5.74) is 0. The van der Waals surface area contributed by atoms with Crippen LogP contribution in [0, 0.1) is 0 Å². The summed E-state index contributed by atoms with van der Waals surface area (Å²) in [7, 11) is 6.81. The Bertz CT molecular complexity index is 181. The summed E-state index contributed by atoms with van der Waals surface area (Å²) in [6.45, 7) is 4.45. The Labute approximate surface area is 74.5 Å². The summed E-state index contributed by atoms with van der Waals surface area (Å²) in [5, 5.41) is 0. The summed E-state index contributed by atoms with van der Waals surface area (Å²) in [5.74, 6) is 0. The van der Waals surface area contributed by atoms with Crippen LogP contribution in [0.15, 0.2) is 0 Å². The molecule has 0 aromatic carbocycles. The van der Waals surface area contributed by atoms with Crippen molar-refractivity contribution in [2.75, 3.05) is 47.4 Å². The van der Waals surface area contributed by atoms with Gasteiger partial charge in [-0.05, 0) is 7.05 Å². The molecule has 3 nitrogen and oxygen atoms in total. The second kappa shape index (κ2) is 2.69. The van der Waals surface area contributed by atoms with Gasteiger partial charge in [-0.2, -0.15) is 0 Å². The highest BCUT2D eigenvalue weighted by Crippen LogP contribution is 2.20. The first-order valence-corrected chi connectivity index (χ1v) is 4.71. The molecule has 0 aromatic heterocycles. The van der Waals surface area contributed by atoms with Crippen molar-refractivity contribution in [1.82, 2.24) is 4.90 Å². The fourth-order valence-electron chi connectivity index (χ4n) is 2.40. The van der Waals surface area contributed by atoms with E-state index in [4.69, 9.17) is 4.74 Å². The topological polar surface area (TPSA) is 12.5 Å². The monoisotopic (exact) mass is 171 g/mol. The first-order valence-electron chi connectivity index (χ1n) is 4.71. The molecule has 0 spiro atoms. The minimum atomic E-state index is 0.462. The van der Waals surface area contributed by atoms with Gasteiger partial charge in [0.05, 0.1) is 33.3 Å². The van der Waals surface area contributed by atoms with E-state index in [-0.39, 0.29) is 0 Å². The Morgan fingerprint density at radius 3 is 2.75 bits per heavy atom. The average Bonchev–Trinajstić information content (AvgIpc) is 2.12. The summed E-state index contributed by atoms with van der Waals surface area (Å²) in [6, 6.07) is 0.638. The molecule has 3 heterocycles. The van der Waals surface area contributed by atoms with Gasteiger partial charge in [0.2, 0.25) is 0 Å². The maximum Gasteiger partial charge on any atom is 0.119 e. The average molecular weight is 171 g/mol. The maximum absolute atomic E-state index is 5.75. The number of nitrogens with zero attached hydrogens (tertiary/aromatic N) is 2. The minimum Gasteiger partial charge on any atom is -0.369 e. The molecule has 70 valence electrons. The van der Waals surface area contributed by atoms with Gasteiger partial charge < -0.3 is 9.22 Å². The van der Waals surface area contributed by atoms with Gasteiger partial charge in [0.25, 0.3) is 0 Å².